The first-order chi connectivity index (χ1) is 12.2. The number of hydrogen-bond acceptors (Lipinski definition) is 2. The first-order valence-electron chi connectivity index (χ1n) is 8.24. The number of aromatic amines is 1. The van der Waals surface area contributed by atoms with Crippen molar-refractivity contribution in [3.63, 3.8) is 0 Å². The minimum absolute atomic E-state index is 0.00569. The third-order valence-corrected chi connectivity index (χ3v) is 4.49. The van der Waals surface area contributed by atoms with E-state index in [1.807, 2.05) is 24.3 Å². The maximum absolute atomic E-state index is 14.4. The zero-order valence-electron chi connectivity index (χ0n) is 14.8. The van der Waals surface area contributed by atoms with E-state index >= 15 is 0 Å². The molecule has 0 fully saturated rings. The Balaban J connectivity index is 2.13. The second-order valence-corrected chi connectivity index (χ2v) is 7.34. The molecule has 0 spiro atoms. The molecule has 0 saturated heterocycles. The fraction of sp³-hybridized carbons (Fsp3) is 0.238. The standard InChI is InChI=1S/C21H18F2N2O/c1-21(2,3)14-6-4-12(5-7-14)8-15-18(23)17(22)9-16-19(15)25-11-13(10-24)20(16)26/h4-7,9,11H,8H2,1-3H3,(H,25,26). The van der Waals surface area contributed by atoms with Crippen molar-refractivity contribution in [2.24, 2.45) is 0 Å². The molecular weight excluding hydrogens is 334 g/mol. The second kappa shape index (κ2) is 6.38. The van der Waals surface area contributed by atoms with Crippen molar-refractivity contribution in [3.05, 3.63) is 80.6 Å². The zero-order valence-corrected chi connectivity index (χ0v) is 14.8. The van der Waals surface area contributed by atoms with Crippen molar-refractivity contribution in [1.82, 2.24) is 4.98 Å². The number of nitrogens with one attached hydrogen (secondary N) is 1. The minimum Gasteiger partial charge on any atom is -0.359 e. The highest BCUT2D eigenvalue weighted by Crippen LogP contribution is 2.26. The van der Waals surface area contributed by atoms with Gasteiger partial charge in [-0.3, -0.25) is 4.79 Å². The van der Waals surface area contributed by atoms with Crippen LogP contribution in [-0.2, 0) is 11.8 Å². The average Bonchev–Trinajstić information content (AvgIpc) is 2.59. The number of halogens is 2. The Morgan fingerprint density at radius 2 is 1.81 bits per heavy atom. The molecule has 0 aliphatic heterocycles. The zero-order chi connectivity index (χ0) is 19.1. The SMILES string of the molecule is CC(C)(C)c1ccc(Cc2c(F)c(F)cc3c(=O)c(C#N)c[nH]c23)cc1. The molecule has 5 heteroatoms. The highest BCUT2D eigenvalue weighted by Gasteiger charge is 2.18. The molecule has 1 N–H and O–H groups in total. The second-order valence-electron chi connectivity index (χ2n) is 7.34. The van der Waals surface area contributed by atoms with Gasteiger partial charge in [-0.05, 0) is 22.6 Å². The topological polar surface area (TPSA) is 56.6 Å². The predicted octanol–water partition coefficient (Wildman–Crippen LogP) is 4.57. The summed E-state index contributed by atoms with van der Waals surface area (Å²) in [7, 11) is 0. The fourth-order valence-electron chi connectivity index (χ4n) is 2.95. The third kappa shape index (κ3) is 3.11. The highest BCUT2D eigenvalue weighted by molar-refractivity contribution is 5.83. The molecule has 0 atom stereocenters. The van der Waals surface area contributed by atoms with Gasteiger partial charge in [-0.15, -0.1) is 0 Å². The van der Waals surface area contributed by atoms with Crippen LogP contribution in [0.3, 0.4) is 0 Å². The van der Waals surface area contributed by atoms with Gasteiger partial charge in [0.2, 0.25) is 5.43 Å². The molecule has 3 nitrogen and oxygen atoms in total. The number of hydrogen-bond donors (Lipinski definition) is 1. The molecule has 0 amide bonds. The van der Waals surface area contributed by atoms with E-state index in [4.69, 9.17) is 5.26 Å². The Morgan fingerprint density at radius 3 is 2.38 bits per heavy atom. The van der Waals surface area contributed by atoms with Crippen LogP contribution in [-0.4, -0.2) is 4.98 Å². The third-order valence-electron chi connectivity index (χ3n) is 4.49. The molecule has 0 unspecified atom stereocenters. The van der Waals surface area contributed by atoms with Crippen LogP contribution in [0.2, 0.25) is 0 Å². The summed E-state index contributed by atoms with van der Waals surface area (Å²) in [5.41, 5.74) is 1.48. The van der Waals surface area contributed by atoms with E-state index in [-0.39, 0.29) is 33.9 Å². The number of fused-ring (bicyclic) bond motifs is 1. The maximum Gasteiger partial charge on any atom is 0.207 e. The monoisotopic (exact) mass is 352 g/mol. The summed E-state index contributed by atoms with van der Waals surface area (Å²) in [6.07, 6.45) is 1.36. The summed E-state index contributed by atoms with van der Waals surface area (Å²) in [5, 5.41) is 8.94. The lowest BCUT2D eigenvalue weighted by Gasteiger charge is -2.19. The van der Waals surface area contributed by atoms with E-state index in [1.54, 1.807) is 6.07 Å². The number of pyridine rings is 1. The molecule has 0 radical (unpaired) electrons. The van der Waals surface area contributed by atoms with Gasteiger partial charge in [-0.1, -0.05) is 45.0 Å². The molecule has 3 aromatic rings. The average molecular weight is 352 g/mol. The lowest BCUT2D eigenvalue weighted by molar-refractivity contribution is 0.503. The van der Waals surface area contributed by atoms with Crippen molar-refractivity contribution in [2.75, 3.05) is 0 Å². The van der Waals surface area contributed by atoms with Gasteiger partial charge in [-0.25, -0.2) is 8.78 Å². The normalized spacial score (nSPS) is 11.5. The number of benzene rings is 2. The van der Waals surface area contributed by atoms with Crippen molar-refractivity contribution >= 4 is 10.9 Å². The lowest BCUT2D eigenvalue weighted by Crippen LogP contribution is -2.12. The van der Waals surface area contributed by atoms with Gasteiger partial charge in [0.1, 0.15) is 11.6 Å². The van der Waals surface area contributed by atoms with Gasteiger partial charge in [0.25, 0.3) is 0 Å². The van der Waals surface area contributed by atoms with Crippen LogP contribution < -0.4 is 5.43 Å². The van der Waals surface area contributed by atoms with Crippen molar-refractivity contribution in [3.8, 4) is 6.07 Å². The molecule has 0 saturated carbocycles. The first kappa shape index (κ1) is 17.8. The quantitative estimate of drug-likeness (QED) is 0.735. The Bertz CT molecular complexity index is 1080. The Morgan fingerprint density at radius 1 is 1.15 bits per heavy atom. The summed E-state index contributed by atoms with van der Waals surface area (Å²) < 4.78 is 28.5. The Kier molecular flexibility index (Phi) is 4.37. The Labute approximate surface area is 149 Å². The maximum atomic E-state index is 14.4. The molecule has 3 rings (SSSR count). The molecule has 132 valence electrons. The van der Waals surface area contributed by atoms with E-state index in [1.165, 1.54) is 6.20 Å². The summed E-state index contributed by atoms with van der Waals surface area (Å²) in [6, 6.07) is 10.3. The van der Waals surface area contributed by atoms with Crippen LogP contribution >= 0.6 is 0 Å². The van der Waals surface area contributed by atoms with Gasteiger partial charge < -0.3 is 4.98 Å². The van der Waals surface area contributed by atoms with E-state index in [2.05, 4.69) is 25.8 Å². The minimum atomic E-state index is -1.10. The summed E-state index contributed by atoms with van der Waals surface area (Å²) in [5.74, 6) is -2.09. The van der Waals surface area contributed by atoms with Gasteiger partial charge >= 0.3 is 0 Å². The van der Waals surface area contributed by atoms with Gasteiger partial charge in [0.15, 0.2) is 11.6 Å². The van der Waals surface area contributed by atoms with Crippen molar-refractivity contribution < 1.29 is 8.78 Å². The van der Waals surface area contributed by atoms with Crippen LogP contribution in [0.25, 0.3) is 10.9 Å². The number of aromatic nitrogens is 1. The van der Waals surface area contributed by atoms with Crippen molar-refractivity contribution in [1.29, 1.82) is 5.26 Å². The smallest absolute Gasteiger partial charge is 0.207 e. The van der Waals surface area contributed by atoms with E-state index < -0.39 is 17.1 Å². The molecule has 1 aromatic heterocycles. The van der Waals surface area contributed by atoms with Crippen LogP contribution in [0.1, 0.15) is 43.0 Å². The molecule has 0 bridgehead atoms. The molecule has 1 heterocycles. The summed E-state index contributed by atoms with van der Waals surface area (Å²) >= 11 is 0. The largest absolute Gasteiger partial charge is 0.359 e. The van der Waals surface area contributed by atoms with Gasteiger partial charge in [0.05, 0.1) is 10.9 Å². The first-order valence-corrected chi connectivity index (χ1v) is 8.24. The number of nitriles is 1. The highest BCUT2D eigenvalue weighted by atomic mass is 19.2. The molecule has 2 aromatic carbocycles. The van der Waals surface area contributed by atoms with E-state index in [9.17, 15) is 13.6 Å². The number of nitrogens with zero attached hydrogens (tertiary/aromatic N) is 1. The molecule has 0 aliphatic carbocycles. The van der Waals surface area contributed by atoms with E-state index in [0.29, 0.717) is 0 Å². The predicted molar refractivity (Wildman–Crippen MR) is 97.1 cm³/mol. The van der Waals surface area contributed by atoms with Gasteiger partial charge in [0, 0.05) is 18.2 Å². The van der Waals surface area contributed by atoms with Gasteiger partial charge in [-0.2, -0.15) is 5.26 Å². The molecule has 0 aliphatic rings. The Hall–Kier alpha value is -3.00. The lowest BCUT2D eigenvalue weighted by atomic mass is 9.86. The van der Waals surface area contributed by atoms with Crippen molar-refractivity contribution in [2.45, 2.75) is 32.6 Å². The summed E-state index contributed by atoms with van der Waals surface area (Å²) in [4.78, 5) is 15.0. The van der Waals surface area contributed by atoms with E-state index in [0.717, 1.165) is 17.2 Å². The van der Waals surface area contributed by atoms with Crippen LogP contribution in [0, 0.1) is 23.0 Å². The van der Waals surface area contributed by atoms with Crippen LogP contribution in [0.4, 0.5) is 8.78 Å². The number of H-pyrrole nitrogens is 1. The molecular formula is C21H18F2N2O. The number of rotatable bonds is 2. The molecule has 26 heavy (non-hydrogen) atoms. The summed E-state index contributed by atoms with van der Waals surface area (Å²) in [6.45, 7) is 6.29. The fourth-order valence-corrected chi connectivity index (χ4v) is 2.95. The van der Waals surface area contributed by atoms with Crippen LogP contribution in [0.15, 0.2) is 41.3 Å². The van der Waals surface area contributed by atoms with Crippen LogP contribution in [0.5, 0.6) is 0 Å².